The number of nitrogens with one attached hydrogen (secondary N) is 2. The molecule has 0 aromatic carbocycles. The Morgan fingerprint density at radius 1 is 1.38 bits per heavy atom. The molecule has 4 heteroatoms. The predicted octanol–water partition coefficient (Wildman–Crippen LogP) is 2.79. The molecule has 2 aromatic heterocycles. The second-order valence-corrected chi connectivity index (χ2v) is 5.27. The number of nitrogens with zero attached hydrogens (tertiary/aromatic N) is 1. The van der Waals surface area contributed by atoms with E-state index < -0.39 is 0 Å². The van der Waals surface area contributed by atoms with Crippen LogP contribution in [0, 0.1) is 0 Å². The molecule has 1 saturated heterocycles. The van der Waals surface area contributed by atoms with Crippen molar-refractivity contribution >= 4 is 27.0 Å². The molecule has 1 fully saturated rings. The highest BCUT2D eigenvalue weighted by Crippen LogP contribution is 2.26. The van der Waals surface area contributed by atoms with Gasteiger partial charge < -0.3 is 10.3 Å². The average Bonchev–Trinajstić information content (AvgIpc) is 2.73. The predicted molar refractivity (Wildman–Crippen MR) is 68.6 cm³/mol. The lowest BCUT2D eigenvalue weighted by Gasteiger charge is -2.21. The average molecular weight is 280 g/mol. The maximum absolute atomic E-state index is 4.40. The van der Waals surface area contributed by atoms with Gasteiger partial charge >= 0.3 is 0 Å². The van der Waals surface area contributed by atoms with Crippen molar-refractivity contribution in [1.82, 2.24) is 15.3 Å². The number of hydrogen-bond donors (Lipinski definition) is 2. The van der Waals surface area contributed by atoms with E-state index in [1.807, 2.05) is 6.20 Å². The highest BCUT2D eigenvalue weighted by Gasteiger charge is 2.17. The molecule has 3 nitrogen and oxygen atoms in total. The number of aromatic amines is 1. The molecule has 0 bridgehead atoms. The molecule has 0 saturated carbocycles. The molecule has 1 aliphatic heterocycles. The Hall–Kier alpha value is -0.870. The Morgan fingerprint density at radius 2 is 2.31 bits per heavy atom. The molecule has 3 rings (SSSR count). The zero-order valence-electron chi connectivity index (χ0n) is 8.96. The molecule has 2 N–H and O–H groups in total. The smallest absolute Gasteiger partial charge is 0.0882 e. The van der Waals surface area contributed by atoms with Gasteiger partial charge in [-0.25, -0.2) is 0 Å². The number of hydrogen-bond acceptors (Lipinski definition) is 2. The molecule has 3 heterocycles. The van der Waals surface area contributed by atoms with Crippen LogP contribution >= 0.6 is 15.9 Å². The third-order valence-corrected chi connectivity index (χ3v) is 3.63. The Balaban J connectivity index is 1.97. The summed E-state index contributed by atoms with van der Waals surface area (Å²) in [6, 6.07) is 4.27. The first-order valence-electron chi connectivity index (χ1n) is 5.68. The lowest BCUT2D eigenvalue weighted by Crippen LogP contribution is -2.28. The van der Waals surface area contributed by atoms with E-state index in [4.69, 9.17) is 0 Å². The van der Waals surface area contributed by atoms with Gasteiger partial charge in [-0.1, -0.05) is 0 Å². The van der Waals surface area contributed by atoms with Crippen LogP contribution in [0.15, 0.2) is 22.8 Å². The van der Waals surface area contributed by atoms with Gasteiger partial charge in [-0.05, 0) is 47.4 Å². The van der Waals surface area contributed by atoms with E-state index in [-0.39, 0.29) is 0 Å². The Bertz CT molecular complexity index is 500. The molecule has 84 valence electrons. The van der Waals surface area contributed by atoms with Crippen molar-refractivity contribution in [3.05, 3.63) is 28.5 Å². The SMILES string of the molecule is Brc1cnc2cc(C3CCCNC3)[nH]c2c1. The Kier molecular flexibility index (Phi) is 2.69. The van der Waals surface area contributed by atoms with Gasteiger partial charge in [0.25, 0.3) is 0 Å². The fraction of sp³-hybridized carbons (Fsp3) is 0.417. The van der Waals surface area contributed by atoms with Crippen LogP contribution in [0.3, 0.4) is 0 Å². The van der Waals surface area contributed by atoms with E-state index in [9.17, 15) is 0 Å². The van der Waals surface area contributed by atoms with Gasteiger partial charge in [0.05, 0.1) is 11.0 Å². The fourth-order valence-corrected chi connectivity index (χ4v) is 2.67. The standard InChI is InChI=1S/C12H14BrN3/c13-9-4-12-11(15-7-9)5-10(16-12)8-2-1-3-14-6-8/h4-5,7-8,14,16H,1-3,6H2. The van der Waals surface area contributed by atoms with Crippen molar-refractivity contribution in [1.29, 1.82) is 0 Å². The maximum atomic E-state index is 4.40. The Labute approximate surface area is 103 Å². The summed E-state index contributed by atoms with van der Waals surface area (Å²) in [5.74, 6) is 0.613. The normalized spacial score (nSPS) is 21.4. The second-order valence-electron chi connectivity index (χ2n) is 4.35. The van der Waals surface area contributed by atoms with Crippen molar-refractivity contribution in [2.45, 2.75) is 18.8 Å². The molecular formula is C12H14BrN3. The first kappa shape index (κ1) is 10.3. The number of pyridine rings is 1. The summed E-state index contributed by atoms with van der Waals surface area (Å²) in [7, 11) is 0. The third-order valence-electron chi connectivity index (χ3n) is 3.19. The van der Waals surface area contributed by atoms with Gasteiger partial charge in [0, 0.05) is 28.8 Å². The van der Waals surface area contributed by atoms with Crippen molar-refractivity contribution in [2.24, 2.45) is 0 Å². The molecule has 1 aliphatic rings. The molecule has 1 unspecified atom stereocenters. The minimum absolute atomic E-state index is 0.613. The van der Waals surface area contributed by atoms with Crippen molar-refractivity contribution in [3.63, 3.8) is 0 Å². The van der Waals surface area contributed by atoms with E-state index in [1.54, 1.807) is 0 Å². The number of piperidine rings is 1. The number of rotatable bonds is 1. The van der Waals surface area contributed by atoms with Crippen LogP contribution in [0.2, 0.25) is 0 Å². The van der Waals surface area contributed by atoms with Gasteiger partial charge in [0.1, 0.15) is 0 Å². The molecule has 2 aromatic rings. The summed E-state index contributed by atoms with van der Waals surface area (Å²) in [6.07, 6.45) is 4.37. The molecule has 0 amide bonds. The zero-order chi connectivity index (χ0) is 11.0. The van der Waals surface area contributed by atoms with E-state index in [1.165, 1.54) is 18.5 Å². The molecule has 0 spiro atoms. The summed E-state index contributed by atoms with van der Waals surface area (Å²) in [5.41, 5.74) is 3.49. The lowest BCUT2D eigenvalue weighted by molar-refractivity contribution is 0.456. The van der Waals surface area contributed by atoms with Crippen LogP contribution in [0.1, 0.15) is 24.5 Å². The van der Waals surface area contributed by atoms with Crippen LogP contribution in [0.25, 0.3) is 11.0 Å². The van der Waals surface area contributed by atoms with Crippen molar-refractivity contribution < 1.29 is 0 Å². The number of H-pyrrole nitrogens is 1. The van der Waals surface area contributed by atoms with E-state index in [0.717, 1.165) is 28.6 Å². The first-order valence-corrected chi connectivity index (χ1v) is 6.47. The van der Waals surface area contributed by atoms with Gasteiger partial charge in [-0.15, -0.1) is 0 Å². The molecular weight excluding hydrogens is 266 g/mol. The van der Waals surface area contributed by atoms with E-state index in [0.29, 0.717) is 5.92 Å². The summed E-state index contributed by atoms with van der Waals surface area (Å²) in [5, 5.41) is 3.44. The minimum Gasteiger partial charge on any atom is -0.357 e. The van der Waals surface area contributed by atoms with Crippen LogP contribution in [-0.2, 0) is 0 Å². The minimum atomic E-state index is 0.613. The molecule has 16 heavy (non-hydrogen) atoms. The third kappa shape index (κ3) is 1.87. The van der Waals surface area contributed by atoms with Crippen LogP contribution in [0.4, 0.5) is 0 Å². The van der Waals surface area contributed by atoms with Gasteiger partial charge in [-0.2, -0.15) is 0 Å². The summed E-state index contributed by atoms with van der Waals surface area (Å²) in [4.78, 5) is 7.87. The molecule has 0 radical (unpaired) electrons. The topological polar surface area (TPSA) is 40.7 Å². The van der Waals surface area contributed by atoms with E-state index >= 15 is 0 Å². The molecule has 0 aliphatic carbocycles. The summed E-state index contributed by atoms with van der Waals surface area (Å²) >= 11 is 3.44. The Morgan fingerprint density at radius 3 is 3.12 bits per heavy atom. The van der Waals surface area contributed by atoms with Gasteiger partial charge in [0.15, 0.2) is 0 Å². The highest BCUT2D eigenvalue weighted by molar-refractivity contribution is 9.10. The summed E-state index contributed by atoms with van der Waals surface area (Å²) in [6.45, 7) is 2.23. The van der Waals surface area contributed by atoms with Crippen molar-refractivity contribution in [2.75, 3.05) is 13.1 Å². The molecule has 1 atom stereocenters. The number of fused-ring (bicyclic) bond motifs is 1. The maximum Gasteiger partial charge on any atom is 0.0882 e. The number of aromatic nitrogens is 2. The van der Waals surface area contributed by atoms with Crippen LogP contribution < -0.4 is 5.32 Å². The summed E-state index contributed by atoms with van der Waals surface area (Å²) < 4.78 is 1.02. The highest BCUT2D eigenvalue weighted by atomic mass is 79.9. The van der Waals surface area contributed by atoms with Crippen molar-refractivity contribution in [3.8, 4) is 0 Å². The zero-order valence-corrected chi connectivity index (χ0v) is 10.5. The van der Waals surface area contributed by atoms with E-state index in [2.05, 4.69) is 43.3 Å². The fourth-order valence-electron chi connectivity index (χ4n) is 2.34. The lowest BCUT2D eigenvalue weighted by atomic mass is 9.96. The van der Waals surface area contributed by atoms with Crippen LogP contribution in [0.5, 0.6) is 0 Å². The quantitative estimate of drug-likeness (QED) is 0.843. The van der Waals surface area contributed by atoms with Gasteiger partial charge in [-0.3, -0.25) is 4.98 Å². The largest absolute Gasteiger partial charge is 0.357 e. The van der Waals surface area contributed by atoms with Gasteiger partial charge in [0.2, 0.25) is 0 Å². The number of halogens is 1. The monoisotopic (exact) mass is 279 g/mol. The first-order chi connectivity index (χ1) is 7.83. The second kappa shape index (κ2) is 4.18. The van der Waals surface area contributed by atoms with Crippen LogP contribution in [-0.4, -0.2) is 23.1 Å².